The highest BCUT2D eigenvalue weighted by Gasteiger charge is 2.13. The van der Waals surface area contributed by atoms with Crippen LogP contribution in [0.25, 0.3) is 0 Å². The third-order valence-electron chi connectivity index (χ3n) is 3.32. The van der Waals surface area contributed by atoms with Crippen LogP contribution in [0.2, 0.25) is 0 Å². The molecule has 0 saturated heterocycles. The lowest BCUT2D eigenvalue weighted by atomic mass is 10.1. The van der Waals surface area contributed by atoms with Gasteiger partial charge in [-0.1, -0.05) is 18.2 Å². The number of carbonyl (C=O) groups is 1. The molecular weight excluding hydrogens is 266 g/mol. The molecule has 110 valence electrons. The quantitative estimate of drug-likeness (QED) is 0.667. The third kappa shape index (κ3) is 3.31. The number of carbonyl (C=O) groups excluding carboxylic acids is 1. The highest BCUT2D eigenvalue weighted by atomic mass is 16.5. The maximum absolute atomic E-state index is 11.5. The number of nitrogens with two attached hydrogens (primary N) is 1. The number of methoxy groups -OCH3 is 1. The summed E-state index contributed by atoms with van der Waals surface area (Å²) in [6.45, 7) is 3.79. The molecule has 3 N–H and O–H groups in total. The number of aromatic nitrogens is 1. The molecule has 1 heterocycles. The van der Waals surface area contributed by atoms with Gasteiger partial charge in [0.05, 0.1) is 24.4 Å². The van der Waals surface area contributed by atoms with Crippen molar-refractivity contribution in [3.05, 3.63) is 53.2 Å². The van der Waals surface area contributed by atoms with Gasteiger partial charge in [0.25, 0.3) is 0 Å². The molecule has 1 aromatic heterocycles. The predicted molar refractivity (Wildman–Crippen MR) is 83.2 cm³/mol. The molecule has 0 spiro atoms. The van der Waals surface area contributed by atoms with Crippen molar-refractivity contribution < 1.29 is 9.53 Å². The largest absolute Gasteiger partial charge is 0.465 e. The van der Waals surface area contributed by atoms with Crippen LogP contribution in [0.3, 0.4) is 0 Å². The van der Waals surface area contributed by atoms with Crippen molar-refractivity contribution in [1.82, 2.24) is 4.98 Å². The molecule has 0 aliphatic heterocycles. The van der Waals surface area contributed by atoms with Gasteiger partial charge < -0.3 is 15.8 Å². The second kappa shape index (κ2) is 6.26. The second-order valence-electron chi connectivity index (χ2n) is 4.82. The van der Waals surface area contributed by atoms with Crippen LogP contribution < -0.4 is 11.1 Å². The highest BCUT2D eigenvalue weighted by molar-refractivity contribution is 5.90. The first-order valence-electron chi connectivity index (χ1n) is 6.70. The van der Waals surface area contributed by atoms with Crippen LogP contribution in [0.5, 0.6) is 0 Å². The third-order valence-corrected chi connectivity index (χ3v) is 3.32. The number of esters is 1. The molecule has 0 aliphatic rings. The van der Waals surface area contributed by atoms with E-state index in [1.54, 1.807) is 19.1 Å². The van der Waals surface area contributed by atoms with Gasteiger partial charge >= 0.3 is 5.97 Å². The number of aryl methyl sites for hydroxylation is 1. The van der Waals surface area contributed by atoms with Crippen molar-refractivity contribution in [1.29, 1.82) is 0 Å². The molecule has 21 heavy (non-hydrogen) atoms. The normalized spacial score (nSPS) is 11.8. The molecule has 2 rings (SSSR count). The fourth-order valence-electron chi connectivity index (χ4n) is 2.17. The topological polar surface area (TPSA) is 77.2 Å². The van der Waals surface area contributed by atoms with Gasteiger partial charge in [0.2, 0.25) is 0 Å². The SMILES string of the molecule is COC(=O)c1ccc(NC(C)c2ccccc2N)nc1C. The predicted octanol–water partition coefficient (Wildman–Crippen LogP) is 2.93. The summed E-state index contributed by atoms with van der Waals surface area (Å²) in [5.41, 5.74) is 8.80. The van der Waals surface area contributed by atoms with Gasteiger partial charge in [-0.05, 0) is 37.6 Å². The summed E-state index contributed by atoms with van der Waals surface area (Å²) >= 11 is 0. The number of hydrogen-bond acceptors (Lipinski definition) is 5. The zero-order chi connectivity index (χ0) is 15.4. The lowest BCUT2D eigenvalue weighted by Crippen LogP contribution is -2.12. The number of anilines is 2. The molecule has 1 unspecified atom stereocenters. The molecule has 0 saturated carbocycles. The van der Waals surface area contributed by atoms with Crippen LogP contribution in [-0.2, 0) is 4.74 Å². The number of pyridine rings is 1. The summed E-state index contributed by atoms with van der Waals surface area (Å²) in [4.78, 5) is 15.9. The fraction of sp³-hybridized carbons (Fsp3) is 0.250. The first kappa shape index (κ1) is 14.8. The Morgan fingerprint density at radius 3 is 2.62 bits per heavy atom. The molecule has 0 amide bonds. The molecule has 0 aliphatic carbocycles. The van der Waals surface area contributed by atoms with Crippen LogP contribution in [0.1, 0.15) is 34.6 Å². The summed E-state index contributed by atoms with van der Waals surface area (Å²) in [6.07, 6.45) is 0. The Hall–Kier alpha value is -2.56. The Morgan fingerprint density at radius 1 is 1.29 bits per heavy atom. The number of ether oxygens (including phenoxy) is 1. The van der Waals surface area contributed by atoms with E-state index in [1.165, 1.54) is 7.11 Å². The van der Waals surface area contributed by atoms with Gasteiger partial charge in [-0.3, -0.25) is 0 Å². The van der Waals surface area contributed by atoms with Crippen LogP contribution in [-0.4, -0.2) is 18.1 Å². The molecule has 5 nitrogen and oxygen atoms in total. The fourth-order valence-corrected chi connectivity index (χ4v) is 2.17. The van der Waals surface area contributed by atoms with E-state index in [-0.39, 0.29) is 12.0 Å². The van der Waals surface area contributed by atoms with E-state index in [9.17, 15) is 4.79 Å². The van der Waals surface area contributed by atoms with Crippen LogP contribution in [0.15, 0.2) is 36.4 Å². The van der Waals surface area contributed by atoms with E-state index in [2.05, 4.69) is 10.3 Å². The molecule has 0 radical (unpaired) electrons. The minimum absolute atomic E-state index is 0.0158. The Balaban J connectivity index is 2.19. The average Bonchev–Trinajstić information content (AvgIpc) is 2.47. The van der Waals surface area contributed by atoms with Gasteiger partial charge in [0.1, 0.15) is 5.82 Å². The summed E-state index contributed by atoms with van der Waals surface area (Å²) in [5.74, 6) is 0.308. The van der Waals surface area contributed by atoms with Crippen molar-refractivity contribution in [2.75, 3.05) is 18.2 Å². The number of nitrogens with zero attached hydrogens (tertiary/aromatic N) is 1. The van der Waals surface area contributed by atoms with Gasteiger partial charge in [-0.2, -0.15) is 0 Å². The molecule has 0 bridgehead atoms. The second-order valence-corrected chi connectivity index (χ2v) is 4.82. The van der Waals surface area contributed by atoms with Crippen molar-refractivity contribution in [2.45, 2.75) is 19.9 Å². The lowest BCUT2D eigenvalue weighted by molar-refractivity contribution is 0.0599. The van der Waals surface area contributed by atoms with Gasteiger partial charge in [-0.25, -0.2) is 9.78 Å². The summed E-state index contributed by atoms with van der Waals surface area (Å²) in [6, 6.07) is 11.2. The molecule has 1 aromatic carbocycles. The zero-order valence-electron chi connectivity index (χ0n) is 12.4. The van der Waals surface area contributed by atoms with Crippen molar-refractivity contribution >= 4 is 17.5 Å². The zero-order valence-corrected chi connectivity index (χ0v) is 12.4. The highest BCUT2D eigenvalue weighted by Crippen LogP contribution is 2.23. The minimum Gasteiger partial charge on any atom is -0.465 e. The van der Waals surface area contributed by atoms with Gasteiger partial charge in [0, 0.05) is 5.69 Å². The summed E-state index contributed by atoms with van der Waals surface area (Å²) in [7, 11) is 1.36. The Morgan fingerprint density at radius 2 is 2.00 bits per heavy atom. The van der Waals surface area contributed by atoms with Crippen molar-refractivity contribution in [2.24, 2.45) is 0 Å². The number of para-hydroxylation sites is 1. The minimum atomic E-state index is -0.382. The smallest absolute Gasteiger partial charge is 0.339 e. The van der Waals surface area contributed by atoms with E-state index < -0.39 is 0 Å². The van der Waals surface area contributed by atoms with Crippen LogP contribution >= 0.6 is 0 Å². The number of nitrogens with one attached hydrogen (secondary N) is 1. The average molecular weight is 285 g/mol. The standard InChI is InChI=1S/C16H19N3O2/c1-10(12-6-4-5-7-14(12)17)18-15-9-8-13(11(2)19-15)16(20)21-3/h4-10H,17H2,1-3H3,(H,18,19). The van der Waals surface area contributed by atoms with Crippen LogP contribution in [0.4, 0.5) is 11.5 Å². The van der Waals surface area contributed by atoms with Crippen LogP contribution in [0, 0.1) is 6.92 Å². The van der Waals surface area contributed by atoms with E-state index >= 15 is 0 Å². The number of benzene rings is 1. The van der Waals surface area contributed by atoms with E-state index in [4.69, 9.17) is 10.5 Å². The molecule has 0 fully saturated rings. The number of hydrogen-bond donors (Lipinski definition) is 2. The Kier molecular flexibility index (Phi) is 4.42. The summed E-state index contributed by atoms with van der Waals surface area (Å²) in [5, 5.41) is 3.28. The Bertz CT molecular complexity index is 656. The molecule has 1 atom stereocenters. The summed E-state index contributed by atoms with van der Waals surface area (Å²) < 4.78 is 4.71. The van der Waals surface area contributed by atoms with Gasteiger partial charge in [-0.15, -0.1) is 0 Å². The monoisotopic (exact) mass is 285 g/mol. The first-order chi connectivity index (χ1) is 10.0. The maximum Gasteiger partial charge on any atom is 0.339 e. The van der Waals surface area contributed by atoms with E-state index in [0.29, 0.717) is 17.1 Å². The van der Waals surface area contributed by atoms with E-state index in [1.807, 2.05) is 31.2 Å². The molecule has 2 aromatic rings. The number of rotatable bonds is 4. The van der Waals surface area contributed by atoms with Gasteiger partial charge in [0.15, 0.2) is 0 Å². The van der Waals surface area contributed by atoms with Crippen molar-refractivity contribution in [3.8, 4) is 0 Å². The first-order valence-corrected chi connectivity index (χ1v) is 6.70. The lowest BCUT2D eigenvalue weighted by Gasteiger charge is -2.17. The van der Waals surface area contributed by atoms with Crippen molar-refractivity contribution in [3.63, 3.8) is 0 Å². The Labute approximate surface area is 124 Å². The molecular formula is C16H19N3O2. The van der Waals surface area contributed by atoms with E-state index in [0.717, 1.165) is 11.3 Å². The number of nitrogen functional groups attached to an aromatic ring is 1. The molecule has 5 heteroatoms. The maximum atomic E-state index is 11.5.